The second kappa shape index (κ2) is 13.9. The van der Waals surface area contributed by atoms with Gasteiger partial charge in [-0.2, -0.15) is 0 Å². The first-order chi connectivity index (χ1) is 23.7. The number of rotatable bonds is 11. The summed E-state index contributed by atoms with van der Waals surface area (Å²) < 4.78 is 12.9. The molecule has 2 heterocycles. The van der Waals surface area contributed by atoms with Gasteiger partial charge in [0.2, 0.25) is 0 Å². The van der Waals surface area contributed by atoms with Gasteiger partial charge in [-0.05, 0) is 88.7 Å². The fraction of sp³-hybridized carbons (Fsp3) is 0.333. The van der Waals surface area contributed by atoms with E-state index in [-0.39, 0.29) is 17.1 Å². The van der Waals surface area contributed by atoms with Crippen LogP contribution < -0.4 is 20.1 Å². The fourth-order valence-electron chi connectivity index (χ4n) is 7.23. The van der Waals surface area contributed by atoms with Crippen molar-refractivity contribution in [2.45, 2.75) is 58.8 Å². The first-order valence-electron chi connectivity index (χ1n) is 17.4. The van der Waals surface area contributed by atoms with Gasteiger partial charge in [0.15, 0.2) is 5.78 Å². The van der Waals surface area contributed by atoms with Crippen LogP contribution in [0, 0.1) is 5.41 Å². The number of carbonyl (C=O) groups is 1. The molecule has 5 aromatic rings. The number of halogens is 1. The molecule has 0 saturated carbocycles. The zero-order chi connectivity index (χ0) is 34.1. The molecule has 0 bridgehead atoms. The molecular formula is C42H44ClN3O3. The lowest BCUT2D eigenvalue weighted by Crippen LogP contribution is -2.33. The summed E-state index contributed by atoms with van der Waals surface area (Å²) in [5, 5.41) is 10.9. The van der Waals surface area contributed by atoms with Gasteiger partial charge >= 0.3 is 0 Å². The standard InChI is InChI=1S/C42H44ClN3O3/c1-26(2)27-6-8-29(9-7-27)39-40-33-23-31(13-10-28(33)11-15-37(40)49-38-25-42(3,4)24-36(47)41(38)39)48-21-5-17-44-19-20-46-34-16-18-45-35-22-30(43)12-14-32(34)35/h6-16,18,22-23,26,39,44H,5,17,19-21,24-25H2,1-4H3,(H,45,46). The van der Waals surface area contributed by atoms with Gasteiger partial charge in [-0.3, -0.25) is 9.78 Å². The lowest BCUT2D eigenvalue weighted by molar-refractivity contribution is -0.118. The number of carbonyl (C=O) groups excluding carboxylic acids is 1. The van der Waals surface area contributed by atoms with Crippen molar-refractivity contribution in [2.24, 2.45) is 5.41 Å². The molecule has 2 aliphatic rings. The average molecular weight is 674 g/mol. The van der Waals surface area contributed by atoms with Crippen molar-refractivity contribution >= 4 is 44.7 Å². The largest absolute Gasteiger partial charge is 0.494 e. The lowest BCUT2D eigenvalue weighted by atomic mass is 9.69. The number of ketones is 1. The number of ether oxygens (including phenoxy) is 2. The number of hydrogen-bond acceptors (Lipinski definition) is 6. The number of aromatic nitrogens is 1. The SMILES string of the molecule is CC(C)c1ccc(C2C3=C(CC(C)(C)CC3=O)Oc3ccc4ccc(OCCCNCCNc5ccnc6cc(Cl)ccc56)cc4c32)cc1. The highest BCUT2D eigenvalue weighted by Crippen LogP contribution is 2.52. The Morgan fingerprint density at radius 2 is 1.76 bits per heavy atom. The van der Waals surface area contributed by atoms with Crippen LogP contribution in [0.1, 0.15) is 75.5 Å². The minimum atomic E-state index is -0.191. The molecule has 0 fully saturated rings. The normalized spacial score (nSPS) is 16.9. The van der Waals surface area contributed by atoms with Crippen molar-refractivity contribution in [1.82, 2.24) is 10.3 Å². The van der Waals surface area contributed by atoms with Crippen LogP contribution in [0.5, 0.6) is 11.5 Å². The Hall–Kier alpha value is -4.39. The summed E-state index contributed by atoms with van der Waals surface area (Å²) in [5.74, 6) is 2.89. The number of benzene rings is 4. The highest BCUT2D eigenvalue weighted by atomic mass is 35.5. The second-order valence-electron chi connectivity index (χ2n) is 14.4. The highest BCUT2D eigenvalue weighted by molar-refractivity contribution is 6.31. The van der Waals surface area contributed by atoms with Crippen LogP contribution in [0.2, 0.25) is 5.02 Å². The van der Waals surface area contributed by atoms with Crippen LogP contribution >= 0.6 is 11.6 Å². The van der Waals surface area contributed by atoms with Gasteiger partial charge in [0.25, 0.3) is 0 Å². The van der Waals surface area contributed by atoms with Crippen LogP contribution in [-0.4, -0.2) is 37.0 Å². The Balaban J connectivity index is 1.04. The number of pyridine rings is 1. The van der Waals surface area contributed by atoms with Crippen molar-refractivity contribution in [2.75, 3.05) is 31.6 Å². The van der Waals surface area contributed by atoms with Gasteiger partial charge in [0.1, 0.15) is 17.3 Å². The maximum Gasteiger partial charge on any atom is 0.163 e. The van der Waals surface area contributed by atoms with Crippen molar-refractivity contribution in [1.29, 1.82) is 0 Å². The van der Waals surface area contributed by atoms with Crippen LogP contribution in [0.3, 0.4) is 0 Å². The zero-order valence-corrected chi connectivity index (χ0v) is 29.5. The van der Waals surface area contributed by atoms with Gasteiger partial charge in [-0.15, -0.1) is 0 Å². The molecule has 49 heavy (non-hydrogen) atoms. The molecule has 4 aromatic carbocycles. The molecule has 0 radical (unpaired) electrons. The minimum absolute atomic E-state index is 0.133. The number of hydrogen-bond donors (Lipinski definition) is 2. The Kier molecular flexibility index (Phi) is 9.36. The van der Waals surface area contributed by atoms with E-state index in [1.807, 2.05) is 30.3 Å². The van der Waals surface area contributed by atoms with E-state index in [2.05, 4.69) is 91.8 Å². The summed E-state index contributed by atoms with van der Waals surface area (Å²) in [5.41, 5.74) is 6.07. The molecule has 0 saturated heterocycles. The van der Waals surface area contributed by atoms with E-state index in [4.69, 9.17) is 21.1 Å². The predicted octanol–water partition coefficient (Wildman–Crippen LogP) is 9.80. The van der Waals surface area contributed by atoms with Crippen LogP contribution in [-0.2, 0) is 4.79 Å². The van der Waals surface area contributed by atoms with Crippen molar-refractivity contribution in [3.05, 3.63) is 118 Å². The number of fused-ring (bicyclic) bond motifs is 4. The monoisotopic (exact) mass is 673 g/mol. The van der Waals surface area contributed by atoms with Crippen LogP contribution in [0.4, 0.5) is 5.69 Å². The quantitative estimate of drug-likeness (QED) is 0.136. The van der Waals surface area contributed by atoms with Gasteiger partial charge < -0.3 is 20.1 Å². The van der Waals surface area contributed by atoms with Gasteiger partial charge in [0, 0.05) is 65.3 Å². The summed E-state index contributed by atoms with van der Waals surface area (Å²) in [7, 11) is 0. The van der Waals surface area contributed by atoms with Crippen molar-refractivity contribution in [3.8, 4) is 11.5 Å². The second-order valence-corrected chi connectivity index (χ2v) is 14.8. The van der Waals surface area contributed by atoms with E-state index in [1.165, 1.54) is 5.56 Å². The molecular weight excluding hydrogens is 630 g/mol. The number of Topliss-reactive ketones (excluding diaryl/α,β-unsaturated/α-hetero) is 1. The third kappa shape index (κ3) is 7.03. The third-order valence-electron chi connectivity index (χ3n) is 9.71. The Labute approximate surface area is 293 Å². The van der Waals surface area contributed by atoms with E-state index in [0.29, 0.717) is 24.0 Å². The fourth-order valence-corrected chi connectivity index (χ4v) is 7.39. The van der Waals surface area contributed by atoms with E-state index in [0.717, 1.165) is 93.8 Å². The van der Waals surface area contributed by atoms with E-state index >= 15 is 0 Å². The first-order valence-corrected chi connectivity index (χ1v) is 17.8. The van der Waals surface area contributed by atoms with Crippen molar-refractivity contribution in [3.63, 3.8) is 0 Å². The molecule has 1 aromatic heterocycles. The number of nitrogens with zero attached hydrogens (tertiary/aromatic N) is 1. The molecule has 1 unspecified atom stereocenters. The summed E-state index contributed by atoms with van der Waals surface area (Å²) >= 11 is 6.13. The van der Waals surface area contributed by atoms with E-state index in [1.54, 1.807) is 6.20 Å². The van der Waals surface area contributed by atoms with Gasteiger partial charge in [-0.25, -0.2) is 0 Å². The van der Waals surface area contributed by atoms with Gasteiger partial charge in [-0.1, -0.05) is 75.7 Å². The van der Waals surface area contributed by atoms with E-state index in [9.17, 15) is 4.79 Å². The molecule has 1 atom stereocenters. The predicted molar refractivity (Wildman–Crippen MR) is 200 cm³/mol. The Morgan fingerprint density at radius 1 is 0.939 bits per heavy atom. The zero-order valence-electron chi connectivity index (χ0n) is 28.7. The molecule has 252 valence electrons. The van der Waals surface area contributed by atoms with Crippen LogP contribution in [0.15, 0.2) is 96.4 Å². The Bertz CT molecular complexity index is 2050. The summed E-state index contributed by atoms with van der Waals surface area (Å²) in [4.78, 5) is 18.3. The average Bonchev–Trinajstić information content (AvgIpc) is 3.07. The van der Waals surface area contributed by atoms with E-state index < -0.39 is 0 Å². The topological polar surface area (TPSA) is 72.5 Å². The molecule has 6 nitrogen and oxygen atoms in total. The maximum atomic E-state index is 13.8. The molecule has 7 heteroatoms. The van der Waals surface area contributed by atoms with Crippen molar-refractivity contribution < 1.29 is 14.3 Å². The lowest BCUT2D eigenvalue weighted by Gasteiger charge is -2.39. The third-order valence-corrected chi connectivity index (χ3v) is 9.94. The summed E-state index contributed by atoms with van der Waals surface area (Å²) in [6.45, 7) is 11.8. The summed E-state index contributed by atoms with van der Waals surface area (Å²) in [6.07, 6.45) is 3.94. The number of nitrogens with one attached hydrogen (secondary N) is 2. The molecule has 7 rings (SSSR count). The summed E-state index contributed by atoms with van der Waals surface area (Å²) in [6, 6.07) is 27.0. The minimum Gasteiger partial charge on any atom is -0.494 e. The maximum absolute atomic E-state index is 13.8. The molecule has 2 N–H and O–H groups in total. The highest BCUT2D eigenvalue weighted by Gasteiger charge is 2.42. The first kappa shape index (κ1) is 33.1. The molecule has 0 amide bonds. The smallest absolute Gasteiger partial charge is 0.163 e. The number of allylic oxidation sites excluding steroid dienone is 2. The molecule has 0 spiro atoms. The van der Waals surface area contributed by atoms with Gasteiger partial charge in [0.05, 0.1) is 12.1 Å². The number of anilines is 1. The molecule has 1 aliphatic heterocycles. The Morgan fingerprint density at radius 3 is 2.57 bits per heavy atom. The van der Waals surface area contributed by atoms with Crippen LogP contribution in [0.25, 0.3) is 21.7 Å². The molecule has 1 aliphatic carbocycles.